The quantitative estimate of drug-likeness (QED) is 0.361. The summed E-state index contributed by atoms with van der Waals surface area (Å²) in [6.45, 7) is 0. The molecule has 1 aromatic carbocycles. The molecule has 3 N–H and O–H groups in total. The number of nitrogens with zero attached hydrogens (tertiary/aromatic N) is 2. The summed E-state index contributed by atoms with van der Waals surface area (Å²) in [6.07, 6.45) is 3.80. The second kappa shape index (κ2) is 7.04. The zero-order valence-electron chi connectivity index (χ0n) is 10.0. The van der Waals surface area contributed by atoms with Crippen LogP contribution in [0.4, 0.5) is 3.89 Å². The minimum atomic E-state index is -5.17. The molecule has 0 fully saturated rings. The van der Waals surface area contributed by atoms with Crippen molar-refractivity contribution in [3.05, 3.63) is 59.2 Å². The fourth-order valence-corrected chi connectivity index (χ4v) is 1.42. The summed E-state index contributed by atoms with van der Waals surface area (Å²) >= 11 is 5.81. The smallest absolute Gasteiger partial charge is 0.324 e. The predicted molar refractivity (Wildman–Crippen MR) is 73.2 cm³/mol. The Labute approximate surface area is 120 Å². The Morgan fingerprint density at radius 1 is 1.15 bits per heavy atom. The fraction of sp³-hybridized carbons (Fsp3) is 0. The van der Waals surface area contributed by atoms with Gasteiger partial charge in [0.05, 0.1) is 5.36 Å². The van der Waals surface area contributed by atoms with E-state index in [0.29, 0.717) is 0 Å². The molecule has 0 spiro atoms. The minimum absolute atomic E-state index is 0.730. The Balaban J connectivity index is 0.000000347. The van der Waals surface area contributed by atoms with Gasteiger partial charge in [0.25, 0.3) is 0 Å². The summed E-state index contributed by atoms with van der Waals surface area (Å²) in [5.41, 5.74) is 1.04. The fourth-order valence-electron chi connectivity index (χ4n) is 1.29. The molecule has 0 saturated carbocycles. The Morgan fingerprint density at radius 2 is 1.60 bits per heavy atom. The zero-order chi connectivity index (χ0) is 15.2. The van der Waals surface area contributed by atoms with Crippen LogP contribution in [0.1, 0.15) is 0 Å². The third kappa shape index (κ3) is 6.32. The van der Waals surface area contributed by atoms with Gasteiger partial charge in [-0.15, -0.1) is 0 Å². The molecular formula is C11H11ClFN3O3S. The first-order valence-electron chi connectivity index (χ1n) is 5.15. The Kier molecular flexibility index (Phi) is 5.68. The highest BCUT2D eigenvalue weighted by molar-refractivity contribution is 7.80. The maximum atomic E-state index is 10.2. The van der Waals surface area contributed by atoms with E-state index < -0.39 is 10.5 Å². The summed E-state index contributed by atoms with van der Waals surface area (Å²) in [5, 5.41) is 5.06. The highest BCUT2D eigenvalue weighted by Gasteiger charge is 1.93. The van der Waals surface area contributed by atoms with Gasteiger partial charge < -0.3 is 10.4 Å². The van der Waals surface area contributed by atoms with Crippen molar-refractivity contribution in [2.24, 2.45) is 10.9 Å². The summed E-state index contributed by atoms with van der Waals surface area (Å²) in [6, 6.07) is 11.3. The largest absolute Gasteiger partial charge is 0.435 e. The Morgan fingerprint density at radius 3 is 2.00 bits per heavy atom. The van der Waals surface area contributed by atoms with E-state index in [4.69, 9.17) is 30.4 Å². The van der Waals surface area contributed by atoms with E-state index in [-0.39, 0.29) is 0 Å². The van der Waals surface area contributed by atoms with Gasteiger partial charge in [0.2, 0.25) is 0 Å². The topological polar surface area (TPSA) is 97.7 Å². The lowest BCUT2D eigenvalue weighted by Gasteiger charge is -2.05. The molecule has 0 amide bonds. The van der Waals surface area contributed by atoms with Crippen LogP contribution < -0.4 is 11.2 Å². The van der Waals surface area contributed by atoms with Gasteiger partial charge >= 0.3 is 10.5 Å². The monoisotopic (exact) mass is 319 g/mol. The van der Waals surface area contributed by atoms with E-state index in [0.717, 1.165) is 16.1 Å². The molecule has 0 radical (unpaired) electrons. The SMILES string of the molecule is NN=c1ccn(-c2ccc(Cl)cc2)cc1.O=S(=O)(O)F. The van der Waals surface area contributed by atoms with Gasteiger partial charge in [-0.2, -0.15) is 13.5 Å². The maximum absolute atomic E-state index is 10.2. The van der Waals surface area contributed by atoms with Crippen LogP contribution in [0.2, 0.25) is 5.02 Å². The van der Waals surface area contributed by atoms with E-state index >= 15 is 0 Å². The van der Waals surface area contributed by atoms with Crippen LogP contribution in [0.15, 0.2) is 53.9 Å². The molecule has 2 aromatic rings. The standard InChI is InChI=1S/C11H10ClN3.FHO3S/c12-9-1-3-11(4-2-9)15-7-5-10(14-13)6-8-15;1-5(2,3)4/h1-8H,13H2;(H,2,3,4). The van der Waals surface area contributed by atoms with Gasteiger partial charge in [-0.25, -0.2) is 0 Å². The average molecular weight is 320 g/mol. The van der Waals surface area contributed by atoms with Crippen LogP contribution in [-0.2, 0) is 10.5 Å². The highest BCUT2D eigenvalue weighted by atomic mass is 35.5. The molecule has 9 heteroatoms. The first-order valence-corrected chi connectivity index (χ1v) is 6.86. The summed E-state index contributed by atoms with van der Waals surface area (Å²) in [5.74, 6) is 5.16. The summed E-state index contributed by atoms with van der Waals surface area (Å²) in [7, 11) is -5.17. The number of nitrogens with two attached hydrogens (primary N) is 1. The van der Waals surface area contributed by atoms with Gasteiger partial charge in [-0.1, -0.05) is 15.5 Å². The number of hydrogen-bond acceptors (Lipinski definition) is 4. The van der Waals surface area contributed by atoms with Gasteiger partial charge in [0.15, 0.2) is 0 Å². The number of halogens is 2. The second-order valence-corrected chi connectivity index (χ2v) is 4.74. The van der Waals surface area contributed by atoms with Crippen molar-refractivity contribution < 1.29 is 16.9 Å². The van der Waals surface area contributed by atoms with E-state index in [1.807, 2.05) is 53.4 Å². The van der Waals surface area contributed by atoms with E-state index in [1.165, 1.54) is 0 Å². The van der Waals surface area contributed by atoms with Crippen molar-refractivity contribution >= 4 is 22.1 Å². The lowest BCUT2D eigenvalue weighted by molar-refractivity contribution is 0.435. The van der Waals surface area contributed by atoms with Crippen LogP contribution in [-0.4, -0.2) is 17.5 Å². The molecule has 0 bridgehead atoms. The lowest BCUT2D eigenvalue weighted by Crippen LogP contribution is -2.06. The molecule has 0 aliphatic carbocycles. The van der Waals surface area contributed by atoms with Crippen molar-refractivity contribution in [1.82, 2.24) is 4.57 Å². The van der Waals surface area contributed by atoms with Gasteiger partial charge in [-0.3, -0.25) is 4.55 Å². The van der Waals surface area contributed by atoms with E-state index in [9.17, 15) is 3.89 Å². The molecule has 1 heterocycles. The molecular weight excluding hydrogens is 309 g/mol. The van der Waals surface area contributed by atoms with Crippen LogP contribution in [0.25, 0.3) is 5.69 Å². The summed E-state index contributed by atoms with van der Waals surface area (Å²) < 4.78 is 36.0. The zero-order valence-corrected chi connectivity index (χ0v) is 11.6. The molecule has 0 unspecified atom stereocenters. The molecule has 108 valence electrons. The average Bonchev–Trinajstić information content (AvgIpc) is 2.38. The van der Waals surface area contributed by atoms with Crippen LogP contribution >= 0.6 is 11.6 Å². The lowest BCUT2D eigenvalue weighted by atomic mass is 10.3. The molecule has 0 saturated heterocycles. The van der Waals surface area contributed by atoms with Gasteiger partial charge in [-0.05, 0) is 36.4 Å². The number of rotatable bonds is 1. The number of hydrogen-bond donors (Lipinski definition) is 2. The van der Waals surface area contributed by atoms with Crippen LogP contribution in [0.5, 0.6) is 0 Å². The first kappa shape index (κ1) is 16.2. The third-order valence-corrected chi connectivity index (χ3v) is 2.34. The molecule has 0 atom stereocenters. The van der Waals surface area contributed by atoms with E-state index in [2.05, 4.69) is 5.10 Å². The number of aromatic nitrogens is 1. The maximum Gasteiger partial charge on any atom is 0.435 e. The van der Waals surface area contributed by atoms with Crippen LogP contribution in [0, 0.1) is 0 Å². The minimum Gasteiger partial charge on any atom is -0.324 e. The molecule has 0 aliphatic rings. The van der Waals surface area contributed by atoms with Crippen molar-refractivity contribution in [2.45, 2.75) is 0 Å². The summed E-state index contributed by atoms with van der Waals surface area (Å²) in [4.78, 5) is 0. The van der Waals surface area contributed by atoms with Crippen molar-refractivity contribution in [1.29, 1.82) is 0 Å². The molecule has 0 aliphatic heterocycles. The highest BCUT2D eigenvalue weighted by Crippen LogP contribution is 2.12. The first-order chi connectivity index (χ1) is 9.29. The van der Waals surface area contributed by atoms with Crippen molar-refractivity contribution in [3.8, 4) is 5.69 Å². The molecule has 2 rings (SSSR count). The van der Waals surface area contributed by atoms with Crippen molar-refractivity contribution in [3.63, 3.8) is 0 Å². The normalized spacial score (nSPS) is 10.3. The Hall–Kier alpha value is -1.90. The van der Waals surface area contributed by atoms with Crippen LogP contribution in [0.3, 0.4) is 0 Å². The molecule has 20 heavy (non-hydrogen) atoms. The molecule has 6 nitrogen and oxygen atoms in total. The number of pyridine rings is 1. The van der Waals surface area contributed by atoms with E-state index in [1.54, 1.807) is 0 Å². The van der Waals surface area contributed by atoms with Gasteiger partial charge in [0, 0.05) is 23.1 Å². The number of benzene rings is 1. The second-order valence-electron chi connectivity index (χ2n) is 3.48. The van der Waals surface area contributed by atoms with Gasteiger partial charge in [0.1, 0.15) is 0 Å². The molecule has 1 aromatic heterocycles. The third-order valence-electron chi connectivity index (χ3n) is 2.09. The van der Waals surface area contributed by atoms with Crippen molar-refractivity contribution in [2.75, 3.05) is 0 Å². The Bertz CT molecular complexity index is 701. The predicted octanol–water partition coefficient (Wildman–Crippen LogP) is 1.66.